The maximum Gasteiger partial charge on any atom is 0.229 e. The lowest BCUT2D eigenvalue weighted by molar-refractivity contribution is -0.123. The van der Waals surface area contributed by atoms with E-state index in [1.165, 1.54) is 5.56 Å². The zero-order valence-corrected chi connectivity index (χ0v) is 12.7. The van der Waals surface area contributed by atoms with E-state index >= 15 is 0 Å². The molecule has 0 aliphatic heterocycles. The number of rotatable bonds is 4. The van der Waals surface area contributed by atoms with Crippen LogP contribution in [0.1, 0.15) is 26.3 Å². The molecule has 0 aliphatic carbocycles. The summed E-state index contributed by atoms with van der Waals surface area (Å²) in [6, 6.07) is 11.7. The first-order valence-corrected chi connectivity index (χ1v) is 6.99. The number of anilines is 2. The molecule has 1 aromatic heterocycles. The minimum absolute atomic E-state index is 0.0139. The van der Waals surface area contributed by atoms with Gasteiger partial charge in [-0.3, -0.25) is 9.78 Å². The predicted molar refractivity (Wildman–Crippen MR) is 86.1 cm³/mol. The summed E-state index contributed by atoms with van der Waals surface area (Å²) in [5.74, 6) is 0.0139. The standard InChI is InChI=1S/C17H21N3O/c1-17(2,3)16(21)20-15-6-4-14(5-7-15)19-12-13-8-10-18-11-9-13/h4-11,19H,12H2,1-3H3,(H,20,21). The largest absolute Gasteiger partial charge is 0.381 e. The second-order valence-electron chi connectivity index (χ2n) is 5.99. The summed E-state index contributed by atoms with van der Waals surface area (Å²) in [5, 5.41) is 6.24. The molecule has 0 atom stereocenters. The lowest BCUT2D eigenvalue weighted by atomic mass is 9.95. The van der Waals surface area contributed by atoms with Crippen LogP contribution in [-0.4, -0.2) is 10.9 Å². The summed E-state index contributed by atoms with van der Waals surface area (Å²) in [6.07, 6.45) is 3.56. The molecule has 0 saturated carbocycles. The Balaban J connectivity index is 1.92. The van der Waals surface area contributed by atoms with Gasteiger partial charge < -0.3 is 10.6 Å². The van der Waals surface area contributed by atoms with Crippen molar-refractivity contribution >= 4 is 17.3 Å². The van der Waals surface area contributed by atoms with Gasteiger partial charge in [0, 0.05) is 35.7 Å². The van der Waals surface area contributed by atoms with E-state index in [-0.39, 0.29) is 5.91 Å². The minimum Gasteiger partial charge on any atom is -0.381 e. The first-order valence-electron chi connectivity index (χ1n) is 6.99. The van der Waals surface area contributed by atoms with Crippen molar-refractivity contribution in [1.82, 2.24) is 4.98 Å². The van der Waals surface area contributed by atoms with Crippen molar-refractivity contribution in [3.05, 3.63) is 54.4 Å². The number of pyridine rings is 1. The van der Waals surface area contributed by atoms with E-state index in [1.54, 1.807) is 12.4 Å². The van der Waals surface area contributed by atoms with Crippen LogP contribution in [0.4, 0.5) is 11.4 Å². The predicted octanol–water partition coefficient (Wildman–Crippen LogP) is 3.68. The second-order valence-corrected chi connectivity index (χ2v) is 5.99. The fourth-order valence-electron chi connectivity index (χ4n) is 1.69. The van der Waals surface area contributed by atoms with Crippen molar-refractivity contribution in [3.63, 3.8) is 0 Å². The molecule has 0 saturated heterocycles. The molecule has 1 aromatic carbocycles. The van der Waals surface area contributed by atoms with Crippen LogP contribution in [0.2, 0.25) is 0 Å². The summed E-state index contributed by atoms with van der Waals surface area (Å²) in [6.45, 7) is 6.43. The van der Waals surface area contributed by atoms with Gasteiger partial charge in [-0.15, -0.1) is 0 Å². The molecule has 21 heavy (non-hydrogen) atoms. The lowest BCUT2D eigenvalue weighted by Gasteiger charge is -2.17. The first kappa shape index (κ1) is 15.0. The zero-order valence-electron chi connectivity index (χ0n) is 12.7. The number of aromatic nitrogens is 1. The molecule has 2 N–H and O–H groups in total. The molecule has 0 radical (unpaired) electrons. The Labute approximate surface area is 125 Å². The van der Waals surface area contributed by atoms with E-state index in [0.717, 1.165) is 17.9 Å². The molecule has 0 spiro atoms. The first-order chi connectivity index (χ1) is 9.95. The summed E-state index contributed by atoms with van der Waals surface area (Å²) >= 11 is 0. The van der Waals surface area contributed by atoms with Gasteiger partial charge in [-0.2, -0.15) is 0 Å². The molecule has 4 nitrogen and oxygen atoms in total. The van der Waals surface area contributed by atoms with E-state index in [1.807, 2.05) is 57.2 Å². The van der Waals surface area contributed by atoms with Crippen LogP contribution in [0, 0.1) is 5.41 Å². The third kappa shape index (κ3) is 4.60. The number of nitrogens with one attached hydrogen (secondary N) is 2. The van der Waals surface area contributed by atoms with Gasteiger partial charge in [-0.1, -0.05) is 20.8 Å². The van der Waals surface area contributed by atoms with Gasteiger partial charge in [-0.25, -0.2) is 0 Å². The van der Waals surface area contributed by atoms with Gasteiger partial charge >= 0.3 is 0 Å². The maximum absolute atomic E-state index is 11.9. The van der Waals surface area contributed by atoms with Gasteiger partial charge in [0.25, 0.3) is 0 Å². The zero-order chi connectivity index (χ0) is 15.3. The van der Waals surface area contributed by atoms with Gasteiger partial charge in [0.05, 0.1) is 0 Å². The van der Waals surface area contributed by atoms with Crippen molar-refractivity contribution in [2.75, 3.05) is 10.6 Å². The van der Waals surface area contributed by atoms with Crippen LogP contribution in [0.3, 0.4) is 0 Å². The Morgan fingerprint density at radius 1 is 1.00 bits per heavy atom. The van der Waals surface area contributed by atoms with E-state index in [0.29, 0.717) is 0 Å². The maximum atomic E-state index is 11.9. The number of amides is 1. The number of carbonyl (C=O) groups excluding carboxylic acids is 1. The Hall–Kier alpha value is -2.36. The molecule has 2 rings (SSSR count). The molecule has 1 amide bonds. The molecule has 0 bridgehead atoms. The second kappa shape index (κ2) is 6.39. The Bertz CT molecular complexity index is 586. The summed E-state index contributed by atoms with van der Waals surface area (Å²) in [7, 11) is 0. The highest BCUT2D eigenvalue weighted by molar-refractivity contribution is 5.94. The monoisotopic (exact) mass is 283 g/mol. The number of carbonyl (C=O) groups is 1. The molecular weight excluding hydrogens is 262 g/mol. The third-order valence-electron chi connectivity index (χ3n) is 3.07. The highest BCUT2D eigenvalue weighted by atomic mass is 16.2. The molecule has 110 valence electrons. The van der Waals surface area contributed by atoms with Crippen LogP contribution >= 0.6 is 0 Å². The Morgan fingerprint density at radius 2 is 1.57 bits per heavy atom. The topological polar surface area (TPSA) is 54.0 Å². The SMILES string of the molecule is CC(C)(C)C(=O)Nc1ccc(NCc2ccncc2)cc1. The molecule has 2 aromatic rings. The van der Waals surface area contributed by atoms with E-state index < -0.39 is 5.41 Å². The average molecular weight is 283 g/mol. The number of hydrogen-bond donors (Lipinski definition) is 2. The molecular formula is C17H21N3O. The molecule has 0 aliphatic rings. The fourth-order valence-corrected chi connectivity index (χ4v) is 1.69. The van der Waals surface area contributed by atoms with Crippen LogP contribution in [0.5, 0.6) is 0 Å². The normalized spacial score (nSPS) is 11.0. The van der Waals surface area contributed by atoms with Crippen molar-refractivity contribution in [2.45, 2.75) is 27.3 Å². The Kier molecular flexibility index (Phi) is 4.58. The molecule has 0 fully saturated rings. The Morgan fingerprint density at radius 3 is 2.14 bits per heavy atom. The van der Waals surface area contributed by atoms with Crippen LogP contribution in [0.15, 0.2) is 48.8 Å². The summed E-state index contributed by atoms with van der Waals surface area (Å²) in [4.78, 5) is 15.9. The smallest absolute Gasteiger partial charge is 0.229 e. The van der Waals surface area contributed by atoms with Crippen molar-refractivity contribution in [2.24, 2.45) is 5.41 Å². The molecule has 1 heterocycles. The quantitative estimate of drug-likeness (QED) is 0.900. The van der Waals surface area contributed by atoms with Gasteiger partial charge in [0.15, 0.2) is 0 Å². The molecule has 0 unspecified atom stereocenters. The van der Waals surface area contributed by atoms with Gasteiger partial charge in [0.1, 0.15) is 0 Å². The van der Waals surface area contributed by atoms with Crippen molar-refractivity contribution < 1.29 is 4.79 Å². The fraction of sp³-hybridized carbons (Fsp3) is 0.294. The minimum atomic E-state index is -0.391. The van der Waals surface area contributed by atoms with Crippen molar-refractivity contribution in [3.8, 4) is 0 Å². The van der Waals surface area contributed by atoms with E-state index in [9.17, 15) is 4.79 Å². The number of hydrogen-bond acceptors (Lipinski definition) is 3. The van der Waals surface area contributed by atoms with E-state index in [4.69, 9.17) is 0 Å². The van der Waals surface area contributed by atoms with Crippen LogP contribution in [0.25, 0.3) is 0 Å². The van der Waals surface area contributed by atoms with E-state index in [2.05, 4.69) is 15.6 Å². The lowest BCUT2D eigenvalue weighted by Crippen LogP contribution is -2.27. The van der Waals surface area contributed by atoms with Gasteiger partial charge in [-0.05, 0) is 42.0 Å². The third-order valence-corrected chi connectivity index (χ3v) is 3.07. The van der Waals surface area contributed by atoms with Crippen LogP contribution in [-0.2, 0) is 11.3 Å². The van der Waals surface area contributed by atoms with Crippen LogP contribution < -0.4 is 10.6 Å². The molecule has 4 heteroatoms. The van der Waals surface area contributed by atoms with Crippen molar-refractivity contribution in [1.29, 1.82) is 0 Å². The van der Waals surface area contributed by atoms with Gasteiger partial charge in [0.2, 0.25) is 5.91 Å². The number of benzene rings is 1. The summed E-state index contributed by atoms with van der Waals surface area (Å²) < 4.78 is 0. The number of nitrogens with zero attached hydrogens (tertiary/aromatic N) is 1. The highest BCUT2D eigenvalue weighted by Crippen LogP contribution is 2.19. The average Bonchev–Trinajstić information content (AvgIpc) is 2.46. The summed E-state index contributed by atoms with van der Waals surface area (Å²) in [5.41, 5.74) is 2.61. The highest BCUT2D eigenvalue weighted by Gasteiger charge is 2.20.